The van der Waals surface area contributed by atoms with E-state index in [1.807, 2.05) is 52.0 Å². The SMILES string of the molecule is CCC(C)NC(=O)C(CC)N(Cc1ccccc1C)C(=O)CN(c1cccc(OC)c1)S(C)(=O)=O. The van der Waals surface area contributed by atoms with E-state index in [-0.39, 0.29) is 18.5 Å². The molecule has 2 atom stereocenters. The minimum atomic E-state index is -3.80. The molecule has 0 aromatic heterocycles. The first kappa shape index (κ1) is 28.2. The number of hydrogen-bond donors (Lipinski definition) is 1. The number of nitrogens with zero attached hydrogens (tertiary/aromatic N) is 2. The molecule has 192 valence electrons. The highest BCUT2D eigenvalue weighted by molar-refractivity contribution is 7.92. The Hall–Kier alpha value is -3.07. The molecule has 0 saturated heterocycles. The van der Waals surface area contributed by atoms with Crippen molar-refractivity contribution in [3.63, 3.8) is 0 Å². The van der Waals surface area contributed by atoms with Gasteiger partial charge < -0.3 is 15.0 Å². The maximum atomic E-state index is 13.7. The molecule has 0 radical (unpaired) electrons. The fourth-order valence-electron chi connectivity index (χ4n) is 3.71. The highest BCUT2D eigenvalue weighted by Crippen LogP contribution is 2.24. The van der Waals surface area contributed by atoms with Gasteiger partial charge in [0.2, 0.25) is 21.8 Å². The number of anilines is 1. The molecular formula is C26H37N3O5S. The Kier molecular flexibility index (Phi) is 10.1. The number of hydrogen-bond acceptors (Lipinski definition) is 5. The molecule has 2 aromatic rings. The fraction of sp³-hybridized carbons (Fsp3) is 0.462. The quantitative estimate of drug-likeness (QED) is 0.478. The van der Waals surface area contributed by atoms with Gasteiger partial charge in [-0.15, -0.1) is 0 Å². The normalized spacial score (nSPS) is 13.0. The molecule has 9 heteroatoms. The lowest BCUT2D eigenvalue weighted by molar-refractivity contribution is -0.140. The van der Waals surface area contributed by atoms with Gasteiger partial charge in [-0.1, -0.05) is 44.2 Å². The lowest BCUT2D eigenvalue weighted by Gasteiger charge is -2.33. The number of carbonyl (C=O) groups excluding carboxylic acids is 2. The van der Waals surface area contributed by atoms with Crippen LogP contribution in [-0.4, -0.2) is 57.1 Å². The molecule has 0 aliphatic heterocycles. The van der Waals surface area contributed by atoms with E-state index >= 15 is 0 Å². The van der Waals surface area contributed by atoms with Crippen LogP contribution in [0.1, 0.15) is 44.7 Å². The second kappa shape index (κ2) is 12.6. The van der Waals surface area contributed by atoms with Crippen molar-refractivity contribution in [2.45, 2.75) is 59.2 Å². The van der Waals surface area contributed by atoms with Crippen LogP contribution in [0.2, 0.25) is 0 Å². The van der Waals surface area contributed by atoms with Gasteiger partial charge in [0.25, 0.3) is 0 Å². The average molecular weight is 504 g/mol. The number of methoxy groups -OCH3 is 1. The van der Waals surface area contributed by atoms with E-state index in [1.165, 1.54) is 12.0 Å². The molecule has 1 N–H and O–H groups in total. The van der Waals surface area contributed by atoms with Gasteiger partial charge in [-0.25, -0.2) is 8.42 Å². The number of amides is 2. The molecule has 0 aliphatic rings. The zero-order valence-electron chi connectivity index (χ0n) is 21.4. The zero-order chi connectivity index (χ0) is 26.2. The Labute approximate surface area is 209 Å². The standard InChI is InChI=1S/C26H37N3O5S/c1-7-20(4)27-26(31)24(8-2)28(17-21-13-10-9-12-19(21)3)25(30)18-29(35(6,32)33)22-14-11-15-23(16-22)34-5/h9-16,20,24H,7-8,17-18H2,1-6H3,(H,27,31). The molecule has 0 aliphatic carbocycles. The summed E-state index contributed by atoms with van der Waals surface area (Å²) in [6, 6.07) is 13.4. The molecule has 0 saturated carbocycles. The second-order valence-electron chi connectivity index (χ2n) is 8.66. The summed E-state index contributed by atoms with van der Waals surface area (Å²) in [5.41, 5.74) is 2.19. The summed E-state index contributed by atoms with van der Waals surface area (Å²) in [6.45, 7) is 7.41. The molecule has 35 heavy (non-hydrogen) atoms. The third-order valence-electron chi connectivity index (χ3n) is 6.01. The molecule has 2 unspecified atom stereocenters. The third kappa shape index (κ3) is 7.71. The van der Waals surface area contributed by atoms with Crippen molar-refractivity contribution in [1.82, 2.24) is 10.2 Å². The monoisotopic (exact) mass is 503 g/mol. The van der Waals surface area contributed by atoms with E-state index in [1.54, 1.807) is 24.3 Å². The van der Waals surface area contributed by atoms with Crippen LogP contribution in [0, 0.1) is 6.92 Å². The largest absolute Gasteiger partial charge is 0.497 e. The Bertz CT molecular complexity index is 1120. The van der Waals surface area contributed by atoms with Crippen molar-refractivity contribution in [2.75, 3.05) is 24.2 Å². The molecule has 0 heterocycles. The molecular weight excluding hydrogens is 466 g/mol. The van der Waals surface area contributed by atoms with Gasteiger partial charge >= 0.3 is 0 Å². The van der Waals surface area contributed by atoms with E-state index in [2.05, 4.69) is 5.32 Å². The van der Waals surface area contributed by atoms with Crippen molar-refractivity contribution in [3.8, 4) is 5.75 Å². The Morgan fingerprint density at radius 2 is 1.74 bits per heavy atom. The first-order chi connectivity index (χ1) is 16.5. The number of nitrogens with one attached hydrogen (secondary N) is 1. The van der Waals surface area contributed by atoms with Crippen molar-refractivity contribution in [3.05, 3.63) is 59.7 Å². The second-order valence-corrected chi connectivity index (χ2v) is 10.6. The number of ether oxygens (including phenoxy) is 1. The minimum absolute atomic E-state index is 0.0451. The molecule has 0 spiro atoms. The van der Waals surface area contributed by atoms with Crippen molar-refractivity contribution in [1.29, 1.82) is 0 Å². The Balaban J connectivity index is 2.46. The number of sulfonamides is 1. The molecule has 0 fully saturated rings. The fourth-order valence-corrected chi connectivity index (χ4v) is 4.55. The third-order valence-corrected chi connectivity index (χ3v) is 7.15. The van der Waals surface area contributed by atoms with Crippen LogP contribution in [0.5, 0.6) is 5.75 Å². The van der Waals surface area contributed by atoms with Gasteiger partial charge in [-0.3, -0.25) is 13.9 Å². The van der Waals surface area contributed by atoms with Gasteiger partial charge in [0, 0.05) is 18.7 Å². The predicted molar refractivity (Wildman–Crippen MR) is 139 cm³/mol. The summed E-state index contributed by atoms with van der Waals surface area (Å²) in [5.74, 6) is -0.247. The summed E-state index contributed by atoms with van der Waals surface area (Å²) in [4.78, 5) is 28.3. The highest BCUT2D eigenvalue weighted by Gasteiger charge is 2.32. The molecule has 2 aromatic carbocycles. The van der Waals surface area contributed by atoms with Crippen LogP contribution < -0.4 is 14.4 Å². The molecule has 8 nitrogen and oxygen atoms in total. The van der Waals surface area contributed by atoms with Crippen molar-refractivity contribution in [2.24, 2.45) is 0 Å². The number of benzene rings is 2. The van der Waals surface area contributed by atoms with Crippen LogP contribution >= 0.6 is 0 Å². The van der Waals surface area contributed by atoms with Crippen LogP contribution in [0.15, 0.2) is 48.5 Å². The van der Waals surface area contributed by atoms with Gasteiger partial charge in [0.1, 0.15) is 18.3 Å². The summed E-state index contributed by atoms with van der Waals surface area (Å²) >= 11 is 0. The van der Waals surface area contributed by atoms with E-state index in [0.717, 1.165) is 28.1 Å². The maximum Gasteiger partial charge on any atom is 0.244 e. The highest BCUT2D eigenvalue weighted by atomic mass is 32.2. The summed E-state index contributed by atoms with van der Waals surface area (Å²) < 4.78 is 31.7. The van der Waals surface area contributed by atoms with Gasteiger partial charge in [-0.2, -0.15) is 0 Å². The molecule has 2 rings (SSSR count). The van der Waals surface area contributed by atoms with Crippen molar-refractivity contribution >= 4 is 27.5 Å². The number of aryl methyl sites for hydroxylation is 1. The molecule has 2 amide bonds. The van der Waals surface area contributed by atoms with E-state index in [0.29, 0.717) is 17.9 Å². The first-order valence-electron chi connectivity index (χ1n) is 11.8. The zero-order valence-corrected chi connectivity index (χ0v) is 22.3. The van der Waals surface area contributed by atoms with E-state index < -0.39 is 28.5 Å². The van der Waals surface area contributed by atoms with Gasteiger partial charge in [0.05, 0.1) is 19.1 Å². The minimum Gasteiger partial charge on any atom is -0.497 e. The average Bonchev–Trinajstić information content (AvgIpc) is 2.82. The maximum absolute atomic E-state index is 13.7. The molecule has 0 bridgehead atoms. The summed E-state index contributed by atoms with van der Waals surface area (Å²) in [5, 5.41) is 2.97. The van der Waals surface area contributed by atoms with Gasteiger partial charge in [-0.05, 0) is 49.9 Å². The summed E-state index contributed by atoms with van der Waals surface area (Å²) in [6.07, 6.45) is 2.20. The van der Waals surface area contributed by atoms with Crippen molar-refractivity contribution < 1.29 is 22.7 Å². The van der Waals surface area contributed by atoms with Crippen LogP contribution in [0.4, 0.5) is 5.69 Å². The predicted octanol–water partition coefficient (Wildman–Crippen LogP) is 3.49. The summed E-state index contributed by atoms with van der Waals surface area (Å²) in [7, 11) is -2.31. The van der Waals surface area contributed by atoms with Gasteiger partial charge in [0.15, 0.2) is 0 Å². The first-order valence-corrected chi connectivity index (χ1v) is 13.6. The topological polar surface area (TPSA) is 96.0 Å². The van der Waals surface area contributed by atoms with E-state index in [4.69, 9.17) is 4.74 Å². The number of carbonyl (C=O) groups is 2. The van der Waals surface area contributed by atoms with Crippen LogP contribution in [0.25, 0.3) is 0 Å². The smallest absolute Gasteiger partial charge is 0.244 e. The van der Waals surface area contributed by atoms with Crippen LogP contribution in [-0.2, 0) is 26.2 Å². The van der Waals surface area contributed by atoms with Crippen LogP contribution in [0.3, 0.4) is 0 Å². The lowest BCUT2D eigenvalue weighted by atomic mass is 10.1. The van der Waals surface area contributed by atoms with E-state index in [9.17, 15) is 18.0 Å². The number of rotatable bonds is 12. The Morgan fingerprint density at radius 3 is 2.31 bits per heavy atom. The Morgan fingerprint density at radius 1 is 1.06 bits per heavy atom. The lowest BCUT2D eigenvalue weighted by Crippen LogP contribution is -2.53.